The van der Waals surface area contributed by atoms with Crippen LogP contribution in [0.1, 0.15) is 10.4 Å². The Balaban J connectivity index is 1.37. The number of hydrogen-bond donors (Lipinski definition) is 3. The van der Waals surface area contributed by atoms with E-state index < -0.39 is 17.0 Å². The SMILES string of the molecule is NC(N)=Nc1nc(-c2ccc(N3CCN(c4cc(C(=O)O)cc(S(=O)[O-])c4)CC3)cc2)c2cc(Cl)ccc2n1. The number of guanidine groups is 1. The summed E-state index contributed by atoms with van der Waals surface area (Å²) in [4.78, 5) is 28.6. The zero-order valence-corrected chi connectivity index (χ0v) is 22.0. The van der Waals surface area contributed by atoms with Crippen molar-refractivity contribution in [3.63, 3.8) is 0 Å². The van der Waals surface area contributed by atoms with Gasteiger partial charge in [0.1, 0.15) is 0 Å². The highest BCUT2D eigenvalue weighted by Crippen LogP contribution is 2.32. The highest BCUT2D eigenvalue weighted by molar-refractivity contribution is 7.79. The van der Waals surface area contributed by atoms with E-state index in [2.05, 4.69) is 19.9 Å². The first-order valence-corrected chi connectivity index (χ1v) is 13.3. The molecule has 39 heavy (non-hydrogen) atoms. The minimum atomic E-state index is -2.53. The molecule has 4 aromatic rings. The van der Waals surface area contributed by atoms with Crippen LogP contribution in [-0.4, -0.2) is 61.9 Å². The topological polar surface area (TPSA) is 174 Å². The van der Waals surface area contributed by atoms with Crippen molar-refractivity contribution in [2.24, 2.45) is 16.5 Å². The summed E-state index contributed by atoms with van der Waals surface area (Å²) in [6.45, 7) is 2.50. The average Bonchev–Trinajstić information content (AvgIpc) is 2.92. The second-order valence-electron chi connectivity index (χ2n) is 8.85. The second-order valence-corrected chi connectivity index (χ2v) is 10.2. The van der Waals surface area contributed by atoms with Crippen molar-refractivity contribution in [3.8, 4) is 11.3 Å². The molecular weight excluding hydrogens is 542 g/mol. The van der Waals surface area contributed by atoms with Gasteiger partial charge in [-0.1, -0.05) is 23.7 Å². The van der Waals surface area contributed by atoms with Gasteiger partial charge in [-0.15, -0.1) is 0 Å². The van der Waals surface area contributed by atoms with Crippen LogP contribution in [0, 0.1) is 0 Å². The molecule has 1 fully saturated rings. The number of carbonyl (C=O) groups is 1. The summed E-state index contributed by atoms with van der Waals surface area (Å²) in [6.07, 6.45) is 0. The fourth-order valence-electron chi connectivity index (χ4n) is 4.51. The van der Waals surface area contributed by atoms with Crippen LogP contribution in [-0.2, 0) is 11.1 Å². The van der Waals surface area contributed by atoms with E-state index in [0.29, 0.717) is 48.1 Å². The number of nitrogens with two attached hydrogens (primary N) is 2. The lowest BCUT2D eigenvalue weighted by Crippen LogP contribution is -2.46. The van der Waals surface area contributed by atoms with Crippen molar-refractivity contribution in [2.75, 3.05) is 36.0 Å². The fourth-order valence-corrected chi connectivity index (χ4v) is 5.12. The molecule has 1 unspecified atom stereocenters. The molecule has 1 atom stereocenters. The number of carboxylic acid groups (broad SMARTS) is 1. The molecule has 5 rings (SSSR count). The van der Waals surface area contributed by atoms with Crippen LogP contribution < -0.4 is 21.3 Å². The fraction of sp³-hybridized carbons (Fsp3) is 0.154. The first-order valence-electron chi connectivity index (χ1n) is 11.8. The third-order valence-corrected chi connectivity index (χ3v) is 7.21. The second kappa shape index (κ2) is 10.8. The molecule has 1 aliphatic rings. The lowest BCUT2D eigenvalue weighted by Gasteiger charge is -2.37. The summed E-state index contributed by atoms with van der Waals surface area (Å²) < 4.78 is 23.0. The van der Waals surface area contributed by atoms with E-state index in [1.165, 1.54) is 12.1 Å². The van der Waals surface area contributed by atoms with Crippen molar-refractivity contribution < 1.29 is 18.7 Å². The van der Waals surface area contributed by atoms with Gasteiger partial charge in [-0.05, 0) is 59.6 Å². The van der Waals surface area contributed by atoms with Gasteiger partial charge in [0.05, 0.1) is 16.8 Å². The number of nitrogens with zero attached hydrogens (tertiary/aromatic N) is 5. The van der Waals surface area contributed by atoms with Crippen molar-refractivity contribution >= 4 is 62.8 Å². The Kier molecular flexibility index (Phi) is 7.33. The van der Waals surface area contributed by atoms with Gasteiger partial charge in [0.2, 0.25) is 0 Å². The van der Waals surface area contributed by atoms with Gasteiger partial charge in [0.25, 0.3) is 5.95 Å². The molecule has 0 radical (unpaired) electrons. The summed E-state index contributed by atoms with van der Waals surface area (Å²) in [7, 11) is 0. The number of carboxylic acids is 1. The Morgan fingerprint density at radius 1 is 0.949 bits per heavy atom. The van der Waals surface area contributed by atoms with E-state index in [1.54, 1.807) is 18.2 Å². The van der Waals surface area contributed by atoms with Gasteiger partial charge in [0.15, 0.2) is 5.96 Å². The van der Waals surface area contributed by atoms with Crippen LogP contribution in [0.4, 0.5) is 17.3 Å². The number of aromatic carboxylic acids is 1. The predicted octanol–water partition coefficient (Wildman–Crippen LogP) is 3.12. The smallest absolute Gasteiger partial charge is 0.335 e. The van der Waals surface area contributed by atoms with Crippen LogP contribution in [0.2, 0.25) is 5.02 Å². The largest absolute Gasteiger partial charge is 0.768 e. The highest BCUT2D eigenvalue weighted by atomic mass is 35.5. The molecule has 200 valence electrons. The van der Waals surface area contributed by atoms with Crippen molar-refractivity contribution in [3.05, 3.63) is 71.2 Å². The molecule has 2 heterocycles. The Bertz CT molecular complexity index is 1590. The van der Waals surface area contributed by atoms with Crippen LogP contribution >= 0.6 is 11.6 Å². The van der Waals surface area contributed by atoms with Gasteiger partial charge in [-0.25, -0.2) is 14.8 Å². The van der Waals surface area contributed by atoms with E-state index in [1.807, 2.05) is 29.2 Å². The van der Waals surface area contributed by atoms with Crippen LogP contribution in [0.5, 0.6) is 0 Å². The zero-order valence-electron chi connectivity index (χ0n) is 20.5. The van der Waals surface area contributed by atoms with Crippen LogP contribution in [0.25, 0.3) is 22.2 Å². The quantitative estimate of drug-likeness (QED) is 0.179. The minimum Gasteiger partial charge on any atom is -0.768 e. The summed E-state index contributed by atoms with van der Waals surface area (Å²) in [5.74, 6) is -1.17. The number of aromatic nitrogens is 2. The monoisotopic (exact) mass is 564 g/mol. The van der Waals surface area contributed by atoms with Gasteiger partial charge in [-0.3, -0.25) is 4.21 Å². The van der Waals surface area contributed by atoms with Gasteiger partial charge < -0.3 is 30.9 Å². The highest BCUT2D eigenvalue weighted by Gasteiger charge is 2.20. The van der Waals surface area contributed by atoms with E-state index in [4.69, 9.17) is 23.1 Å². The Labute approximate surface area is 231 Å². The number of rotatable bonds is 6. The number of hydrogen-bond acceptors (Lipinski definition) is 8. The maximum Gasteiger partial charge on any atom is 0.335 e. The molecule has 3 aromatic carbocycles. The molecule has 0 bridgehead atoms. The van der Waals surface area contributed by atoms with Crippen LogP contribution in [0.3, 0.4) is 0 Å². The number of fused-ring (bicyclic) bond motifs is 1. The normalized spacial score (nSPS) is 14.3. The van der Waals surface area contributed by atoms with E-state index >= 15 is 0 Å². The molecule has 11 nitrogen and oxygen atoms in total. The summed E-state index contributed by atoms with van der Waals surface area (Å²) in [5, 5.41) is 10.7. The Morgan fingerprint density at radius 3 is 2.23 bits per heavy atom. The van der Waals surface area contributed by atoms with Gasteiger partial charge in [-0.2, -0.15) is 4.99 Å². The van der Waals surface area contributed by atoms with Crippen LogP contribution in [0.15, 0.2) is 70.6 Å². The van der Waals surface area contributed by atoms with Crippen molar-refractivity contribution in [2.45, 2.75) is 4.90 Å². The third kappa shape index (κ3) is 5.77. The molecule has 13 heteroatoms. The van der Waals surface area contributed by atoms with Crippen molar-refractivity contribution in [1.82, 2.24) is 9.97 Å². The minimum absolute atomic E-state index is 0.0514. The van der Waals surface area contributed by atoms with Gasteiger partial charge in [0, 0.05) is 58.4 Å². The predicted molar refractivity (Wildman–Crippen MR) is 150 cm³/mol. The number of piperazine rings is 1. The molecule has 1 saturated heterocycles. The number of benzene rings is 3. The zero-order chi connectivity index (χ0) is 27.7. The number of anilines is 2. The number of halogens is 1. The first-order chi connectivity index (χ1) is 18.7. The van der Waals surface area contributed by atoms with E-state index in [9.17, 15) is 18.7 Å². The Hall–Kier alpha value is -4.26. The Morgan fingerprint density at radius 2 is 1.62 bits per heavy atom. The molecule has 1 aromatic heterocycles. The summed E-state index contributed by atoms with van der Waals surface area (Å²) >= 11 is 3.71. The first kappa shape index (κ1) is 26.4. The molecule has 1 aliphatic heterocycles. The summed E-state index contributed by atoms with van der Waals surface area (Å²) in [5.41, 5.74) is 14.7. The lowest BCUT2D eigenvalue weighted by atomic mass is 10.1. The maximum atomic E-state index is 11.5. The third-order valence-electron chi connectivity index (χ3n) is 6.36. The average molecular weight is 565 g/mol. The maximum absolute atomic E-state index is 11.5. The summed E-state index contributed by atoms with van der Waals surface area (Å²) in [6, 6.07) is 17.4. The molecule has 0 amide bonds. The van der Waals surface area contributed by atoms with E-state index in [0.717, 1.165) is 22.7 Å². The molecular formula is C26H23ClN7O4S-. The van der Waals surface area contributed by atoms with Gasteiger partial charge >= 0.3 is 5.97 Å². The van der Waals surface area contributed by atoms with Crippen molar-refractivity contribution in [1.29, 1.82) is 0 Å². The molecule has 0 spiro atoms. The standard InChI is InChI=1S/C26H24ClN7O4S/c27-17-3-6-22-21(13-17)23(31-26(30-22)32-25(28)29)15-1-4-18(5-2-15)33-7-9-34(10-8-33)19-11-16(24(35)36)12-20(14-19)39(37)38/h1-6,11-14H,7-10H2,(H,35,36)(H,37,38)(H4,28,29,30,31,32)/p-1. The molecule has 5 N–H and O–H groups in total. The lowest BCUT2D eigenvalue weighted by molar-refractivity contribution is 0.0696. The van der Waals surface area contributed by atoms with E-state index in [-0.39, 0.29) is 22.4 Å². The molecule has 0 aliphatic carbocycles. The number of aliphatic imine (C=N–C) groups is 1. The molecule has 0 saturated carbocycles.